The fraction of sp³-hybridized carbons (Fsp3) is 0.167. The van der Waals surface area contributed by atoms with Crippen LogP contribution in [0.15, 0.2) is 40.5 Å². The maximum atomic E-state index is 12.0. The highest BCUT2D eigenvalue weighted by molar-refractivity contribution is 7.99. The van der Waals surface area contributed by atoms with Crippen LogP contribution in [-0.2, 0) is 0 Å². The van der Waals surface area contributed by atoms with E-state index in [1.807, 2.05) is 25.1 Å². The van der Waals surface area contributed by atoms with Crippen LogP contribution in [0, 0.1) is 0 Å². The first-order chi connectivity index (χ1) is 9.65. The van der Waals surface area contributed by atoms with Gasteiger partial charge >= 0.3 is 0 Å². The SMILES string of the molecule is C[C@@H](Sc1nncn1N)c1nc2ccccc2c(=O)[nH]1. The molecule has 3 rings (SSSR count). The van der Waals surface area contributed by atoms with E-state index in [0.29, 0.717) is 21.9 Å². The van der Waals surface area contributed by atoms with Crippen LogP contribution in [0.1, 0.15) is 18.0 Å². The van der Waals surface area contributed by atoms with Crippen molar-refractivity contribution in [1.29, 1.82) is 0 Å². The van der Waals surface area contributed by atoms with Gasteiger partial charge in [0.25, 0.3) is 5.56 Å². The van der Waals surface area contributed by atoms with Crippen molar-refractivity contribution in [3.8, 4) is 0 Å². The van der Waals surface area contributed by atoms with E-state index < -0.39 is 0 Å². The molecule has 0 unspecified atom stereocenters. The zero-order chi connectivity index (χ0) is 14.1. The Balaban J connectivity index is 1.98. The predicted molar refractivity (Wildman–Crippen MR) is 76.8 cm³/mol. The monoisotopic (exact) mass is 288 g/mol. The van der Waals surface area contributed by atoms with Gasteiger partial charge in [0.2, 0.25) is 5.16 Å². The van der Waals surface area contributed by atoms with Gasteiger partial charge < -0.3 is 10.8 Å². The number of hydrogen-bond donors (Lipinski definition) is 2. The Morgan fingerprint density at radius 1 is 1.40 bits per heavy atom. The molecule has 2 heterocycles. The maximum Gasteiger partial charge on any atom is 0.258 e. The van der Waals surface area contributed by atoms with Crippen LogP contribution in [0.25, 0.3) is 10.9 Å². The van der Waals surface area contributed by atoms with Crippen molar-refractivity contribution in [2.45, 2.75) is 17.3 Å². The van der Waals surface area contributed by atoms with Gasteiger partial charge in [-0.1, -0.05) is 23.9 Å². The number of nitrogens with one attached hydrogen (secondary N) is 1. The largest absolute Gasteiger partial charge is 0.336 e. The zero-order valence-electron chi connectivity index (χ0n) is 10.6. The Hall–Kier alpha value is -2.35. The molecule has 3 N–H and O–H groups in total. The fourth-order valence-corrected chi connectivity index (χ4v) is 2.63. The van der Waals surface area contributed by atoms with Crippen LogP contribution in [-0.4, -0.2) is 24.8 Å². The maximum absolute atomic E-state index is 12.0. The first-order valence-corrected chi connectivity index (χ1v) is 6.84. The molecular formula is C12H12N6OS. The van der Waals surface area contributed by atoms with Crippen molar-refractivity contribution >= 4 is 22.7 Å². The third-order valence-electron chi connectivity index (χ3n) is 2.84. The number of nitrogens with zero attached hydrogens (tertiary/aromatic N) is 4. The van der Waals surface area contributed by atoms with Crippen LogP contribution >= 0.6 is 11.8 Å². The van der Waals surface area contributed by atoms with E-state index >= 15 is 0 Å². The molecule has 20 heavy (non-hydrogen) atoms. The van der Waals surface area contributed by atoms with Gasteiger partial charge in [0, 0.05) is 0 Å². The van der Waals surface area contributed by atoms with E-state index in [2.05, 4.69) is 20.2 Å². The van der Waals surface area contributed by atoms with E-state index in [-0.39, 0.29) is 10.8 Å². The second-order valence-electron chi connectivity index (χ2n) is 4.25. The topological polar surface area (TPSA) is 102 Å². The van der Waals surface area contributed by atoms with Crippen molar-refractivity contribution in [1.82, 2.24) is 24.8 Å². The molecule has 0 bridgehead atoms. The molecule has 0 aliphatic carbocycles. The number of aromatic nitrogens is 5. The molecule has 1 atom stereocenters. The quantitative estimate of drug-likeness (QED) is 0.552. The zero-order valence-corrected chi connectivity index (χ0v) is 11.5. The van der Waals surface area contributed by atoms with Gasteiger partial charge in [-0.15, -0.1) is 10.2 Å². The molecule has 0 fully saturated rings. The number of hydrogen-bond acceptors (Lipinski definition) is 6. The summed E-state index contributed by atoms with van der Waals surface area (Å²) in [4.78, 5) is 19.3. The molecule has 0 aliphatic rings. The summed E-state index contributed by atoms with van der Waals surface area (Å²) in [5.41, 5.74) is 0.528. The molecule has 7 nitrogen and oxygen atoms in total. The van der Waals surface area contributed by atoms with E-state index in [1.54, 1.807) is 6.07 Å². The van der Waals surface area contributed by atoms with Crippen molar-refractivity contribution < 1.29 is 0 Å². The average molecular weight is 288 g/mol. The molecule has 102 valence electrons. The summed E-state index contributed by atoms with van der Waals surface area (Å²) in [5, 5.41) is 8.65. The standard InChI is InChI=1S/C12H12N6OS/c1-7(20-12-17-14-6-18(12)13)10-15-9-5-3-2-4-8(9)11(19)16-10/h2-7H,13H2,1H3,(H,15,16,19)/t7-/m1/s1. The molecule has 0 amide bonds. The van der Waals surface area contributed by atoms with Gasteiger partial charge in [0.05, 0.1) is 16.2 Å². The number of benzene rings is 1. The molecule has 0 spiro atoms. The van der Waals surface area contributed by atoms with Gasteiger partial charge in [-0.25, -0.2) is 9.66 Å². The number of nitrogen functional groups attached to an aromatic ring is 1. The minimum Gasteiger partial charge on any atom is -0.336 e. The van der Waals surface area contributed by atoms with Crippen LogP contribution in [0.3, 0.4) is 0 Å². The first-order valence-electron chi connectivity index (χ1n) is 5.96. The van der Waals surface area contributed by atoms with E-state index in [9.17, 15) is 4.79 Å². The smallest absolute Gasteiger partial charge is 0.258 e. The summed E-state index contributed by atoms with van der Waals surface area (Å²) in [5.74, 6) is 6.25. The van der Waals surface area contributed by atoms with Crippen LogP contribution in [0.2, 0.25) is 0 Å². The highest BCUT2D eigenvalue weighted by Crippen LogP contribution is 2.30. The summed E-state index contributed by atoms with van der Waals surface area (Å²) in [7, 11) is 0. The summed E-state index contributed by atoms with van der Waals surface area (Å²) in [6.45, 7) is 1.92. The third-order valence-corrected chi connectivity index (χ3v) is 3.92. The van der Waals surface area contributed by atoms with Crippen LogP contribution in [0.4, 0.5) is 0 Å². The van der Waals surface area contributed by atoms with Crippen LogP contribution in [0.5, 0.6) is 0 Å². The highest BCUT2D eigenvalue weighted by atomic mass is 32.2. The Morgan fingerprint density at radius 3 is 2.95 bits per heavy atom. The van der Waals surface area contributed by atoms with Crippen molar-refractivity contribution in [3.05, 3.63) is 46.8 Å². The highest BCUT2D eigenvalue weighted by Gasteiger charge is 2.15. The van der Waals surface area contributed by atoms with E-state index in [4.69, 9.17) is 5.84 Å². The minimum absolute atomic E-state index is 0.0983. The lowest BCUT2D eigenvalue weighted by molar-refractivity contribution is 0.832. The third kappa shape index (κ3) is 2.25. The molecule has 0 aliphatic heterocycles. The van der Waals surface area contributed by atoms with Gasteiger partial charge in [-0.3, -0.25) is 4.79 Å². The van der Waals surface area contributed by atoms with E-state index in [0.717, 1.165) is 0 Å². The molecule has 1 aromatic carbocycles. The molecular weight excluding hydrogens is 276 g/mol. The molecule has 0 radical (unpaired) electrons. The summed E-state index contributed by atoms with van der Waals surface area (Å²) in [6, 6.07) is 7.23. The van der Waals surface area contributed by atoms with Crippen molar-refractivity contribution in [2.24, 2.45) is 0 Å². The number of H-pyrrole nitrogens is 1. The Labute approximate surface area is 118 Å². The summed E-state index contributed by atoms with van der Waals surface area (Å²) in [6.07, 6.45) is 1.42. The van der Waals surface area contributed by atoms with E-state index in [1.165, 1.54) is 22.8 Å². The lowest BCUT2D eigenvalue weighted by Gasteiger charge is -2.10. The van der Waals surface area contributed by atoms with Gasteiger partial charge in [-0.05, 0) is 19.1 Å². The number of aromatic amines is 1. The van der Waals surface area contributed by atoms with Gasteiger partial charge in [-0.2, -0.15) is 0 Å². The number of nitrogens with two attached hydrogens (primary N) is 1. The summed E-state index contributed by atoms with van der Waals surface area (Å²) < 4.78 is 1.33. The first kappa shape index (κ1) is 12.7. The molecule has 0 saturated carbocycles. The Morgan fingerprint density at radius 2 is 2.20 bits per heavy atom. The predicted octanol–water partition coefficient (Wildman–Crippen LogP) is 1.08. The summed E-state index contributed by atoms with van der Waals surface area (Å²) >= 11 is 1.38. The molecule has 8 heteroatoms. The van der Waals surface area contributed by atoms with Crippen LogP contribution < -0.4 is 11.4 Å². The van der Waals surface area contributed by atoms with Crippen molar-refractivity contribution in [3.63, 3.8) is 0 Å². The molecule has 3 aromatic rings. The molecule has 0 saturated heterocycles. The van der Waals surface area contributed by atoms with Gasteiger partial charge in [0.1, 0.15) is 12.2 Å². The van der Waals surface area contributed by atoms with Gasteiger partial charge in [0.15, 0.2) is 0 Å². The minimum atomic E-state index is -0.146. The molecule has 2 aromatic heterocycles. The normalized spacial score (nSPS) is 12.7. The van der Waals surface area contributed by atoms with Crippen molar-refractivity contribution in [2.75, 3.05) is 5.84 Å². The lowest BCUT2D eigenvalue weighted by Crippen LogP contribution is -2.13. The number of rotatable bonds is 3. The number of fused-ring (bicyclic) bond motifs is 1. The fourth-order valence-electron chi connectivity index (χ4n) is 1.83. The lowest BCUT2D eigenvalue weighted by atomic mass is 10.2. The Kier molecular flexibility index (Phi) is 3.15. The average Bonchev–Trinajstić information content (AvgIpc) is 2.84. The number of thioether (sulfide) groups is 1. The second kappa shape index (κ2) is 4.97. The number of para-hydroxylation sites is 1. The second-order valence-corrected chi connectivity index (χ2v) is 5.56. The Bertz CT molecular complexity index is 811.